The monoisotopic (exact) mass is 269 g/mol. The van der Waals surface area contributed by atoms with E-state index in [2.05, 4.69) is 4.98 Å². The highest BCUT2D eigenvalue weighted by Gasteiger charge is 1.96. The van der Waals surface area contributed by atoms with Crippen molar-refractivity contribution < 1.29 is 23.7 Å². The molecule has 0 saturated heterocycles. The predicted octanol–water partition coefficient (Wildman–Crippen LogP) is 0.952. The number of rotatable bonds is 11. The zero-order valence-electron chi connectivity index (χ0n) is 11.0. The summed E-state index contributed by atoms with van der Waals surface area (Å²) < 4.78 is 20.8. The molecule has 0 bridgehead atoms. The summed E-state index contributed by atoms with van der Waals surface area (Å²) in [5.41, 5.74) is 0.386. The molecule has 6 heteroatoms. The van der Waals surface area contributed by atoms with Gasteiger partial charge in [-0.3, -0.25) is 4.79 Å². The normalized spacial score (nSPS) is 10.4. The molecule has 106 valence electrons. The van der Waals surface area contributed by atoms with Gasteiger partial charge in [0.25, 0.3) is 0 Å². The molecule has 1 aromatic rings. The Morgan fingerprint density at radius 2 is 1.74 bits per heavy atom. The maximum atomic E-state index is 10.4. The fourth-order valence-electron chi connectivity index (χ4n) is 1.23. The van der Waals surface area contributed by atoms with E-state index in [0.717, 1.165) is 0 Å². The minimum atomic E-state index is 0.386. The van der Waals surface area contributed by atoms with E-state index in [1.807, 2.05) is 0 Å². The van der Waals surface area contributed by atoms with Crippen LogP contribution in [0.3, 0.4) is 0 Å². The van der Waals surface area contributed by atoms with Crippen molar-refractivity contribution >= 4 is 6.29 Å². The molecule has 19 heavy (non-hydrogen) atoms. The number of aldehydes is 1. The topological polar surface area (TPSA) is 66.9 Å². The van der Waals surface area contributed by atoms with Crippen LogP contribution in [0.1, 0.15) is 10.5 Å². The number of aromatic nitrogens is 1. The zero-order valence-corrected chi connectivity index (χ0v) is 11.0. The van der Waals surface area contributed by atoms with E-state index in [-0.39, 0.29) is 0 Å². The lowest BCUT2D eigenvalue weighted by Gasteiger charge is -2.07. The first-order valence-corrected chi connectivity index (χ1v) is 6.05. The largest absolute Gasteiger partial charge is 0.490 e. The molecule has 1 rings (SSSR count). The average molecular weight is 269 g/mol. The van der Waals surface area contributed by atoms with Crippen LogP contribution in [0, 0.1) is 0 Å². The van der Waals surface area contributed by atoms with Crippen molar-refractivity contribution in [2.24, 2.45) is 0 Å². The quantitative estimate of drug-likeness (QED) is 0.440. The van der Waals surface area contributed by atoms with Gasteiger partial charge in [-0.05, 0) is 12.1 Å². The standard InChI is InChI=1S/C13H19NO5/c1-16-4-5-17-6-7-18-8-9-19-13-3-2-12(11-15)14-10-13/h2-3,10-11H,4-9H2,1H3. The van der Waals surface area contributed by atoms with Gasteiger partial charge in [0.05, 0.1) is 39.2 Å². The van der Waals surface area contributed by atoms with Crippen LogP contribution in [0.4, 0.5) is 0 Å². The Balaban J connectivity index is 1.96. The van der Waals surface area contributed by atoms with E-state index in [1.165, 1.54) is 6.20 Å². The molecule has 0 aliphatic heterocycles. The summed E-state index contributed by atoms with van der Waals surface area (Å²) in [5, 5.41) is 0. The number of carbonyl (C=O) groups is 1. The SMILES string of the molecule is COCCOCCOCCOc1ccc(C=O)nc1. The lowest BCUT2D eigenvalue weighted by molar-refractivity contribution is 0.0179. The molecule has 0 atom stereocenters. The number of ether oxygens (including phenoxy) is 4. The smallest absolute Gasteiger partial charge is 0.168 e. The van der Waals surface area contributed by atoms with E-state index >= 15 is 0 Å². The van der Waals surface area contributed by atoms with E-state index in [1.54, 1.807) is 19.2 Å². The molecule has 0 unspecified atom stereocenters. The van der Waals surface area contributed by atoms with Crippen LogP contribution in [0.15, 0.2) is 18.3 Å². The van der Waals surface area contributed by atoms with Crippen molar-refractivity contribution in [3.05, 3.63) is 24.0 Å². The second kappa shape index (κ2) is 10.4. The lowest BCUT2D eigenvalue weighted by Crippen LogP contribution is -2.12. The third-order valence-electron chi connectivity index (χ3n) is 2.18. The van der Waals surface area contributed by atoms with Crippen molar-refractivity contribution in [2.45, 2.75) is 0 Å². The number of nitrogens with zero attached hydrogens (tertiary/aromatic N) is 1. The van der Waals surface area contributed by atoms with E-state index in [0.29, 0.717) is 57.4 Å². The Morgan fingerprint density at radius 1 is 1.05 bits per heavy atom. The molecule has 0 aromatic carbocycles. The van der Waals surface area contributed by atoms with E-state index < -0.39 is 0 Å². The Morgan fingerprint density at radius 3 is 2.32 bits per heavy atom. The van der Waals surface area contributed by atoms with Gasteiger partial charge in [-0.15, -0.1) is 0 Å². The third kappa shape index (κ3) is 7.50. The fourth-order valence-corrected chi connectivity index (χ4v) is 1.23. The van der Waals surface area contributed by atoms with Gasteiger partial charge in [-0.2, -0.15) is 0 Å². The van der Waals surface area contributed by atoms with E-state index in [4.69, 9.17) is 18.9 Å². The molecule has 0 N–H and O–H groups in total. The molecule has 0 saturated carbocycles. The van der Waals surface area contributed by atoms with Crippen LogP contribution in [0.25, 0.3) is 0 Å². The van der Waals surface area contributed by atoms with Gasteiger partial charge in [0, 0.05) is 7.11 Å². The molecule has 0 spiro atoms. The van der Waals surface area contributed by atoms with Crippen molar-refractivity contribution in [3.8, 4) is 5.75 Å². The molecular weight excluding hydrogens is 250 g/mol. The summed E-state index contributed by atoms with van der Waals surface area (Å²) in [4.78, 5) is 14.3. The molecular formula is C13H19NO5. The first kappa shape index (κ1) is 15.6. The Labute approximate surface area is 112 Å². The van der Waals surface area contributed by atoms with Crippen LogP contribution in [-0.2, 0) is 14.2 Å². The van der Waals surface area contributed by atoms with Gasteiger partial charge >= 0.3 is 0 Å². The van der Waals surface area contributed by atoms with Crippen molar-refractivity contribution in [3.63, 3.8) is 0 Å². The number of pyridine rings is 1. The summed E-state index contributed by atoms with van der Waals surface area (Å²) >= 11 is 0. The lowest BCUT2D eigenvalue weighted by atomic mass is 10.4. The molecule has 6 nitrogen and oxygen atoms in total. The van der Waals surface area contributed by atoms with Gasteiger partial charge in [-0.1, -0.05) is 0 Å². The Bertz CT molecular complexity index is 341. The van der Waals surface area contributed by atoms with Gasteiger partial charge in [0.15, 0.2) is 6.29 Å². The number of methoxy groups -OCH3 is 1. The zero-order chi connectivity index (χ0) is 13.8. The van der Waals surface area contributed by atoms with Crippen molar-refractivity contribution in [1.82, 2.24) is 4.98 Å². The van der Waals surface area contributed by atoms with Gasteiger partial charge < -0.3 is 18.9 Å². The summed E-state index contributed by atoms with van der Waals surface area (Å²) in [6, 6.07) is 3.30. The maximum Gasteiger partial charge on any atom is 0.168 e. The molecule has 1 aromatic heterocycles. The predicted molar refractivity (Wildman–Crippen MR) is 68.6 cm³/mol. The molecule has 0 amide bonds. The first-order valence-electron chi connectivity index (χ1n) is 6.05. The van der Waals surface area contributed by atoms with E-state index in [9.17, 15) is 4.79 Å². The van der Waals surface area contributed by atoms with Crippen LogP contribution in [0.2, 0.25) is 0 Å². The molecule has 0 radical (unpaired) electrons. The second-order valence-corrected chi connectivity index (χ2v) is 3.60. The van der Waals surface area contributed by atoms with Crippen LogP contribution < -0.4 is 4.74 Å². The number of hydrogen-bond donors (Lipinski definition) is 0. The summed E-state index contributed by atoms with van der Waals surface area (Å²) in [6.07, 6.45) is 2.20. The third-order valence-corrected chi connectivity index (χ3v) is 2.18. The second-order valence-electron chi connectivity index (χ2n) is 3.60. The van der Waals surface area contributed by atoms with Gasteiger partial charge in [0.2, 0.25) is 0 Å². The van der Waals surface area contributed by atoms with Crippen LogP contribution in [0.5, 0.6) is 5.75 Å². The Hall–Kier alpha value is -1.50. The number of hydrogen-bond acceptors (Lipinski definition) is 6. The minimum absolute atomic E-state index is 0.386. The Kier molecular flexibility index (Phi) is 8.54. The summed E-state index contributed by atoms with van der Waals surface area (Å²) in [5.74, 6) is 0.616. The molecule has 0 aliphatic carbocycles. The molecule has 1 heterocycles. The van der Waals surface area contributed by atoms with Crippen LogP contribution in [-0.4, -0.2) is 58.0 Å². The maximum absolute atomic E-state index is 10.4. The highest BCUT2D eigenvalue weighted by molar-refractivity contribution is 5.71. The van der Waals surface area contributed by atoms with Crippen LogP contribution >= 0.6 is 0 Å². The van der Waals surface area contributed by atoms with Crippen molar-refractivity contribution in [1.29, 1.82) is 0 Å². The fraction of sp³-hybridized carbons (Fsp3) is 0.538. The highest BCUT2D eigenvalue weighted by atomic mass is 16.6. The average Bonchev–Trinajstić information content (AvgIpc) is 2.46. The minimum Gasteiger partial charge on any atom is -0.490 e. The van der Waals surface area contributed by atoms with Crippen molar-refractivity contribution in [2.75, 3.05) is 46.8 Å². The molecule has 0 aliphatic rings. The first-order chi connectivity index (χ1) is 9.36. The number of carbonyl (C=O) groups excluding carboxylic acids is 1. The molecule has 0 fully saturated rings. The highest BCUT2D eigenvalue weighted by Crippen LogP contribution is 2.07. The van der Waals surface area contributed by atoms with Gasteiger partial charge in [-0.25, -0.2) is 4.98 Å². The summed E-state index contributed by atoms with van der Waals surface area (Å²) in [7, 11) is 1.63. The summed E-state index contributed by atoms with van der Waals surface area (Å²) in [6.45, 7) is 3.13. The van der Waals surface area contributed by atoms with Gasteiger partial charge in [0.1, 0.15) is 18.1 Å².